The average Bonchev–Trinajstić information content (AvgIpc) is 2.18. The quantitative estimate of drug-likeness (QED) is 0.834. The fourth-order valence-corrected chi connectivity index (χ4v) is 2.54. The van der Waals surface area contributed by atoms with E-state index in [2.05, 4.69) is 22.6 Å². The molecule has 0 heterocycles. The van der Waals surface area contributed by atoms with Gasteiger partial charge in [-0.05, 0) is 59.5 Å². The van der Waals surface area contributed by atoms with Crippen molar-refractivity contribution in [2.24, 2.45) is 11.7 Å². The molecule has 0 saturated heterocycles. The molecule has 3 N–H and O–H groups in total. The number of aliphatic hydroxyl groups excluding tert-OH is 1. The van der Waals surface area contributed by atoms with Crippen LogP contribution in [0.5, 0.6) is 0 Å². The maximum absolute atomic E-state index is 13.6. The van der Waals surface area contributed by atoms with E-state index in [1.54, 1.807) is 12.1 Å². The maximum atomic E-state index is 13.6. The third-order valence-electron chi connectivity index (χ3n) is 3.32. The Bertz CT molecular complexity index is 381. The second-order valence-electron chi connectivity index (χ2n) is 4.37. The largest absolute Gasteiger partial charge is 0.391 e. The molecule has 0 bridgehead atoms. The number of hydrogen-bond acceptors (Lipinski definition) is 2. The SMILES string of the molecule is N[C@@H](c1cc(I)ccc1F)[C@H](O)C1CCC1. The standard InChI is InChI=1S/C12H15FINO/c13-10-5-4-8(14)6-9(10)11(15)12(16)7-2-1-3-7/h4-7,11-12,16H,1-3,15H2/t11-,12+/m0/s1. The maximum Gasteiger partial charge on any atom is 0.128 e. The highest BCUT2D eigenvalue weighted by atomic mass is 127. The van der Waals surface area contributed by atoms with E-state index in [0.717, 1.165) is 22.8 Å². The monoisotopic (exact) mass is 335 g/mol. The molecule has 1 aromatic rings. The van der Waals surface area contributed by atoms with Gasteiger partial charge in [0.25, 0.3) is 0 Å². The second kappa shape index (κ2) is 4.98. The van der Waals surface area contributed by atoms with E-state index >= 15 is 0 Å². The highest BCUT2D eigenvalue weighted by Gasteiger charge is 2.31. The lowest BCUT2D eigenvalue weighted by atomic mass is 9.77. The van der Waals surface area contributed by atoms with Crippen molar-refractivity contribution in [3.05, 3.63) is 33.1 Å². The summed E-state index contributed by atoms with van der Waals surface area (Å²) in [5, 5.41) is 10.0. The Morgan fingerprint density at radius 2 is 2.12 bits per heavy atom. The summed E-state index contributed by atoms with van der Waals surface area (Å²) >= 11 is 2.12. The first-order chi connectivity index (χ1) is 7.59. The van der Waals surface area contributed by atoms with Crippen LogP contribution in [0.4, 0.5) is 4.39 Å². The number of hydrogen-bond donors (Lipinski definition) is 2. The first-order valence-corrected chi connectivity index (χ1v) is 6.56. The van der Waals surface area contributed by atoms with E-state index in [-0.39, 0.29) is 11.7 Å². The molecule has 1 aromatic carbocycles. The molecule has 1 aliphatic rings. The smallest absolute Gasteiger partial charge is 0.128 e. The van der Waals surface area contributed by atoms with Crippen molar-refractivity contribution in [2.45, 2.75) is 31.4 Å². The van der Waals surface area contributed by atoms with E-state index in [4.69, 9.17) is 5.73 Å². The van der Waals surface area contributed by atoms with Crippen molar-refractivity contribution >= 4 is 22.6 Å². The lowest BCUT2D eigenvalue weighted by Gasteiger charge is -2.33. The van der Waals surface area contributed by atoms with Crippen LogP contribution in [0.2, 0.25) is 0 Å². The van der Waals surface area contributed by atoms with Crippen LogP contribution >= 0.6 is 22.6 Å². The van der Waals surface area contributed by atoms with Crippen LogP contribution in [0.1, 0.15) is 30.9 Å². The average molecular weight is 335 g/mol. The number of benzene rings is 1. The predicted molar refractivity (Wildman–Crippen MR) is 69.4 cm³/mol. The van der Waals surface area contributed by atoms with Crippen molar-refractivity contribution in [2.75, 3.05) is 0 Å². The van der Waals surface area contributed by atoms with Crippen LogP contribution in [-0.4, -0.2) is 11.2 Å². The summed E-state index contributed by atoms with van der Waals surface area (Å²) in [5.74, 6) is -0.0847. The molecule has 0 radical (unpaired) electrons. The summed E-state index contributed by atoms with van der Waals surface area (Å²) < 4.78 is 14.5. The van der Waals surface area contributed by atoms with Crippen LogP contribution in [0.3, 0.4) is 0 Å². The third-order valence-corrected chi connectivity index (χ3v) is 3.99. The zero-order valence-electron chi connectivity index (χ0n) is 8.87. The van der Waals surface area contributed by atoms with E-state index < -0.39 is 12.1 Å². The second-order valence-corrected chi connectivity index (χ2v) is 5.62. The van der Waals surface area contributed by atoms with Crippen molar-refractivity contribution in [3.8, 4) is 0 Å². The molecule has 1 aliphatic carbocycles. The minimum absolute atomic E-state index is 0.243. The Morgan fingerprint density at radius 3 is 2.69 bits per heavy atom. The highest BCUT2D eigenvalue weighted by Crippen LogP contribution is 2.35. The van der Waals surface area contributed by atoms with Crippen LogP contribution in [0.15, 0.2) is 18.2 Å². The summed E-state index contributed by atoms with van der Waals surface area (Å²) in [6.07, 6.45) is 2.52. The van der Waals surface area contributed by atoms with Gasteiger partial charge in [-0.2, -0.15) is 0 Å². The van der Waals surface area contributed by atoms with Gasteiger partial charge in [0.1, 0.15) is 5.82 Å². The first kappa shape index (κ1) is 12.3. The number of aliphatic hydroxyl groups is 1. The summed E-state index contributed by atoms with van der Waals surface area (Å²) in [5.41, 5.74) is 6.35. The number of halogens is 2. The van der Waals surface area contributed by atoms with Gasteiger partial charge in [0.2, 0.25) is 0 Å². The first-order valence-electron chi connectivity index (χ1n) is 5.48. The van der Waals surface area contributed by atoms with E-state index in [1.165, 1.54) is 6.07 Å². The zero-order chi connectivity index (χ0) is 11.7. The van der Waals surface area contributed by atoms with Crippen LogP contribution < -0.4 is 5.73 Å². The molecule has 0 amide bonds. The fraction of sp³-hybridized carbons (Fsp3) is 0.500. The molecule has 0 unspecified atom stereocenters. The minimum Gasteiger partial charge on any atom is -0.391 e. The summed E-state index contributed by atoms with van der Waals surface area (Å²) in [4.78, 5) is 0. The lowest BCUT2D eigenvalue weighted by Crippen LogP contribution is -2.36. The van der Waals surface area contributed by atoms with Gasteiger partial charge in [-0.25, -0.2) is 4.39 Å². The van der Waals surface area contributed by atoms with E-state index in [9.17, 15) is 9.50 Å². The molecule has 16 heavy (non-hydrogen) atoms. The van der Waals surface area contributed by atoms with Crippen molar-refractivity contribution < 1.29 is 9.50 Å². The molecular weight excluding hydrogens is 320 g/mol. The summed E-state index contributed by atoms with van der Waals surface area (Å²) in [7, 11) is 0. The van der Waals surface area contributed by atoms with Crippen LogP contribution in [-0.2, 0) is 0 Å². The molecule has 2 nitrogen and oxygen atoms in total. The molecule has 88 valence electrons. The van der Waals surface area contributed by atoms with Gasteiger partial charge in [-0.1, -0.05) is 6.42 Å². The normalized spacial score (nSPS) is 20.2. The van der Waals surface area contributed by atoms with Gasteiger partial charge in [0, 0.05) is 9.13 Å². The van der Waals surface area contributed by atoms with Gasteiger partial charge < -0.3 is 10.8 Å². The summed E-state index contributed by atoms with van der Waals surface area (Å²) in [6, 6.07) is 4.20. The van der Waals surface area contributed by atoms with Crippen molar-refractivity contribution in [1.82, 2.24) is 0 Å². The van der Waals surface area contributed by atoms with Crippen LogP contribution in [0, 0.1) is 15.3 Å². The van der Waals surface area contributed by atoms with Crippen LogP contribution in [0.25, 0.3) is 0 Å². The fourth-order valence-electron chi connectivity index (χ4n) is 2.03. The lowest BCUT2D eigenvalue weighted by molar-refractivity contribution is 0.0404. The van der Waals surface area contributed by atoms with Crippen molar-refractivity contribution in [3.63, 3.8) is 0 Å². The molecule has 4 heteroatoms. The molecule has 1 saturated carbocycles. The van der Waals surface area contributed by atoms with Gasteiger partial charge >= 0.3 is 0 Å². The Morgan fingerprint density at radius 1 is 1.44 bits per heavy atom. The molecule has 0 aliphatic heterocycles. The van der Waals surface area contributed by atoms with Crippen molar-refractivity contribution in [1.29, 1.82) is 0 Å². The summed E-state index contributed by atoms with van der Waals surface area (Å²) in [6.45, 7) is 0. The number of nitrogens with two attached hydrogens (primary N) is 1. The topological polar surface area (TPSA) is 46.2 Å². The molecule has 1 fully saturated rings. The molecule has 2 atom stereocenters. The third kappa shape index (κ3) is 2.38. The minimum atomic E-state index is -0.624. The van der Waals surface area contributed by atoms with E-state index in [1.807, 2.05) is 0 Å². The Labute approximate surface area is 108 Å². The molecule has 0 spiro atoms. The Balaban J connectivity index is 2.18. The molecule has 2 rings (SSSR count). The Hall–Kier alpha value is -0.200. The highest BCUT2D eigenvalue weighted by molar-refractivity contribution is 14.1. The number of rotatable bonds is 3. The Kier molecular flexibility index (Phi) is 3.81. The zero-order valence-corrected chi connectivity index (χ0v) is 11.0. The van der Waals surface area contributed by atoms with Gasteiger partial charge in [0.15, 0.2) is 0 Å². The van der Waals surface area contributed by atoms with Gasteiger partial charge in [-0.15, -0.1) is 0 Å². The predicted octanol–water partition coefficient (Wildman–Crippen LogP) is 2.59. The van der Waals surface area contributed by atoms with Gasteiger partial charge in [0.05, 0.1) is 12.1 Å². The molecular formula is C12H15FINO. The van der Waals surface area contributed by atoms with Gasteiger partial charge in [-0.3, -0.25) is 0 Å². The molecule has 0 aromatic heterocycles. The van der Waals surface area contributed by atoms with E-state index in [0.29, 0.717) is 5.56 Å².